The van der Waals surface area contributed by atoms with Gasteiger partial charge in [0.05, 0.1) is 24.7 Å². The van der Waals surface area contributed by atoms with E-state index in [0.717, 1.165) is 4.90 Å². The first-order valence-electron chi connectivity index (χ1n) is 15.8. The predicted molar refractivity (Wildman–Crippen MR) is 164 cm³/mol. The van der Waals surface area contributed by atoms with Gasteiger partial charge < -0.3 is 29.5 Å². The monoisotopic (exact) mass is 644 g/mol. The van der Waals surface area contributed by atoms with Crippen LogP contribution in [0.5, 0.6) is 11.6 Å². The van der Waals surface area contributed by atoms with Gasteiger partial charge in [0.1, 0.15) is 30.0 Å². The van der Waals surface area contributed by atoms with Crippen molar-refractivity contribution >= 4 is 29.0 Å². The molecule has 2 amide bonds. The fourth-order valence-corrected chi connectivity index (χ4v) is 6.57. The highest BCUT2D eigenvalue weighted by Gasteiger charge is 2.51. The second-order valence-corrected chi connectivity index (χ2v) is 13.6. The van der Waals surface area contributed by atoms with Gasteiger partial charge in [-0.25, -0.2) is 19.6 Å². The summed E-state index contributed by atoms with van der Waals surface area (Å²) in [5.41, 5.74) is -0.984. The molecule has 1 aromatic carbocycles. The van der Waals surface area contributed by atoms with Gasteiger partial charge in [0.25, 0.3) is 5.92 Å². The van der Waals surface area contributed by atoms with E-state index in [1.165, 1.54) is 7.11 Å². The molecule has 11 nitrogen and oxygen atoms in total. The molecule has 0 unspecified atom stereocenters. The zero-order chi connectivity index (χ0) is 33.4. The Balaban J connectivity index is 1.59. The number of amides is 2. The maximum absolute atomic E-state index is 16.0. The third-order valence-corrected chi connectivity index (χ3v) is 9.23. The smallest absolute Gasteiger partial charge is 0.408 e. The van der Waals surface area contributed by atoms with Crippen LogP contribution in [0.2, 0.25) is 0 Å². The van der Waals surface area contributed by atoms with Crippen LogP contribution >= 0.6 is 0 Å². The average molecular weight is 645 g/mol. The zero-order valence-electron chi connectivity index (χ0n) is 26.8. The molecule has 3 aliphatic rings. The van der Waals surface area contributed by atoms with Crippen molar-refractivity contribution < 1.29 is 42.5 Å². The maximum atomic E-state index is 16.0. The number of hydrogen-bond acceptors (Lipinski definition) is 8. The van der Waals surface area contributed by atoms with E-state index in [0.29, 0.717) is 31.4 Å². The first-order valence-corrected chi connectivity index (χ1v) is 15.8. The minimum absolute atomic E-state index is 0.0852. The second-order valence-electron chi connectivity index (χ2n) is 13.6. The Hall–Kier alpha value is -4.03. The number of carbonyl (C=O) groups excluding carboxylic acids is 2. The van der Waals surface area contributed by atoms with E-state index in [1.54, 1.807) is 45.9 Å². The second kappa shape index (κ2) is 13.0. The number of nitrogens with zero attached hydrogens (tertiary/aromatic N) is 3. The summed E-state index contributed by atoms with van der Waals surface area (Å²) in [5, 5.41) is 12.9. The Morgan fingerprint density at radius 1 is 1.09 bits per heavy atom. The fraction of sp³-hybridized carbons (Fsp3) is 0.606. The standard InChI is InChI=1S/C33H42F2N4O7/c1-18-24-17-39(25(18)30(41)42)29(40)27(32(2,3)4)38-31(43)46-23-12-7-6-10-19(23)11-8-9-15-33(34,35)26-28(45-24)37-22-16-20(44-5)13-14-21(22)36-26/h6-7,13-14,16,18-19,23-25,27H,8-12,15,17H2,1-5H3,(H,38,43)(H,41,42)/t18-,19+,23-,24+,25+,27-/m1/s1. The SMILES string of the molecule is COc1ccc2nc3c(nc2c1)O[C@H]1CN(C(=O)[C@H](C(C)(C)C)NC(=O)O[C@@H]2CC=CC[C@H]2CCCCC3(F)F)[C@H](C(=O)O)[C@@H]1C. The molecular weight excluding hydrogens is 602 g/mol. The van der Waals surface area contributed by atoms with Crippen molar-refractivity contribution in [2.75, 3.05) is 13.7 Å². The van der Waals surface area contributed by atoms with Gasteiger partial charge in [0, 0.05) is 24.8 Å². The number of carbonyl (C=O) groups is 3. The van der Waals surface area contributed by atoms with Crippen LogP contribution < -0.4 is 14.8 Å². The van der Waals surface area contributed by atoms with Gasteiger partial charge in [0.15, 0.2) is 5.69 Å². The molecular formula is C33H42F2N4O7. The molecule has 0 spiro atoms. The van der Waals surface area contributed by atoms with Crippen molar-refractivity contribution in [3.05, 3.63) is 36.0 Å². The predicted octanol–water partition coefficient (Wildman–Crippen LogP) is 5.46. The molecule has 0 radical (unpaired) electrons. The number of nitrogens with one attached hydrogen (secondary N) is 1. The number of allylic oxidation sites excluding steroid dienone is 1. The van der Waals surface area contributed by atoms with Gasteiger partial charge in [-0.2, -0.15) is 8.78 Å². The van der Waals surface area contributed by atoms with Crippen molar-refractivity contribution in [2.45, 2.75) is 96.4 Å². The number of carboxylic acids is 1. The molecule has 6 atom stereocenters. The van der Waals surface area contributed by atoms with Crippen molar-refractivity contribution in [1.82, 2.24) is 20.2 Å². The molecule has 250 valence electrons. The Labute approximate surface area is 266 Å². The van der Waals surface area contributed by atoms with Crippen LogP contribution in [-0.4, -0.2) is 75.9 Å². The first kappa shape index (κ1) is 33.3. The number of methoxy groups -OCH3 is 1. The van der Waals surface area contributed by atoms with Crippen molar-refractivity contribution in [3.63, 3.8) is 0 Å². The molecule has 2 aliphatic heterocycles. The number of aliphatic carboxylic acids is 1. The lowest BCUT2D eigenvalue weighted by Crippen LogP contribution is -2.57. The Bertz CT molecular complexity index is 1510. The number of aromatic nitrogens is 2. The summed E-state index contributed by atoms with van der Waals surface area (Å²) >= 11 is 0. The molecule has 13 heteroatoms. The summed E-state index contributed by atoms with van der Waals surface area (Å²) in [6.45, 7) is 6.61. The van der Waals surface area contributed by atoms with Crippen LogP contribution in [0.1, 0.15) is 71.9 Å². The molecule has 2 aromatic rings. The molecule has 1 aliphatic carbocycles. The number of halogens is 2. The summed E-state index contributed by atoms with van der Waals surface area (Å²) in [6.07, 6.45) is 3.36. The number of benzene rings is 1. The Morgan fingerprint density at radius 3 is 2.52 bits per heavy atom. The van der Waals surface area contributed by atoms with E-state index >= 15 is 8.78 Å². The number of alkyl halides is 2. The highest BCUT2D eigenvalue weighted by Crippen LogP contribution is 2.41. The third-order valence-electron chi connectivity index (χ3n) is 9.23. The third kappa shape index (κ3) is 6.87. The van der Waals surface area contributed by atoms with E-state index < -0.39 is 77.5 Å². The lowest BCUT2D eigenvalue weighted by atomic mass is 9.85. The zero-order valence-corrected chi connectivity index (χ0v) is 26.8. The summed E-state index contributed by atoms with van der Waals surface area (Å²) in [4.78, 5) is 49.7. The van der Waals surface area contributed by atoms with Crippen LogP contribution in [0.25, 0.3) is 11.0 Å². The van der Waals surface area contributed by atoms with Crippen LogP contribution in [0.15, 0.2) is 30.4 Å². The van der Waals surface area contributed by atoms with Crippen LogP contribution in [0.4, 0.5) is 13.6 Å². The lowest BCUT2D eigenvalue weighted by Gasteiger charge is -2.35. The maximum Gasteiger partial charge on any atom is 0.408 e. The van der Waals surface area contributed by atoms with Crippen LogP contribution in [0.3, 0.4) is 0 Å². The van der Waals surface area contributed by atoms with Crippen molar-refractivity contribution in [2.24, 2.45) is 17.3 Å². The molecule has 46 heavy (non-hydrogen) atoms. The highest BCUT2D eigenvalue weighted by atomic mass is 19.3. The quantitative estimate of drug-likeness (QED) is 0.408. The van der Waals surface area contributed by atoms with Crippen LogP contribution in [0, 0.1) is 17.3 Å². The molecule has 0 saturated carbocycles. The number of hydrogen-bond donors (Lipinski definition) is 2. The van der Waals surface area contributed by atoms with Gasteiger partial charge in [-0.3, -0.25) is 4.79 Å². The minimum atomic E-state index is -3.43. The van der Waals surface area contributed by atoms with Gasteiger partial charge >= 0.3 is 12.1 Å². The van der Waals surface area contributed by atoms with Crippen molar-refractivity contribution in [1.29, 1.82) is 0 Å². The van der Waals surface area contributed by atoms with Gasteiger partial charge in [-0.05, 0) is 42.7 Å². The van der Waals surface area contributed by atoms with Gasteiger partial charge in [-0.1, -0.05) is 46.3 Å². The normalized spacial score (nSPS) is 29.0. The number of fused-ring (bicyclic) bond motifs is 5. The van der Waals surface area contributed by atoms with E-state index in [9.17, 15) is 19.5 Å². The largest absolute Gasteiger partial charge is 0.497 e. The molecule has 1 saturated heterocycles. The molecule has 2 bridgehead atoms. The van der Waals surface area contributed by atoms with E-state index in [4.69, 9.17) is 14.2 Å². The molecule has 2 N–H and O–H groups in total. The van der Waals surface area contributed by atoms with E-state index in [2.05, 4.69) is 15.3 Å². The van der Waals surface area contributed by atoms with Crippen LogP contribution in [-0.2, 0) is 20.2 Å². The average Bonchev–Trinajstić information content (AvgIpc) is 3.32. The van der Waals surface area contributed by atoms with Gasteiger partial charge in [0.2, 0.25) is 11.8 Å². The summed E-state index contributed by atoms with van der Waals surface area (Å²) in [7, 11) is 1.47. The summed E-state index contributed by atoms with van der Waals surface area (Å²) < 4.78 is 49.3. The molecule has 1 fully saturated rings. The highest BCUT2D eigenvalue weighted by molar-refractivity contribution is 5.90. The number of carboxylic acid groups (broad SMARTS) is 1. The fourth-order valence-electron chi connectivity index (χ4n) is 6.57. The summed E-state index contributed by atoms with van der Waals surface area (Å²) in [6, 6.07) is 2.20. The molecule has 1 aromatic heterocycles. The van der Waals surface area contributed by atoms with Gasteiger partial charge in [-0.15, -0.1) is 0 Å². The number of rotatable bonds is 2. The Morgan fingerprint density at radius 2 is 1.83 bits per heavy atom. The Kier molecular flexibility index (Phi) is 9.42. The molecule has 5 rings (SSSR count). The first-order chi connectivity index (χ1) is 21.7. The van der Waals surface area contributed by atoms with E-state index in [1.807, 2.05) is 12.2 Å². The molecule has 3 heterocycles. The number of ether oxygens (including phenoxy) is 3. The lowest BCUT2D eigenvalue weighted by molar-refractivity contribution is -0.151. The summed E-state index contributed by atoms with van der Waals surface area (Å²) in [5.74, 6) is -6.24. The topological polar surface area (TPSA) is 140 Å². The minimum Gasteiger partial charge on any atom is -0.497 e. The van der Waals surface area contributed by atoms with Crippen molar-refractivity contribution in [3.8, 4) is 11.6 Å². The number of alkyl carbamates (subject to hydrolysis) is 1. The van der Waals surface area contributed by atoms with E-state index in [-0.39, 0.29) is 29.9 Å².